The van der Waals surface area contributed by atoms with Gasteiger partial charge in [0.05, 0.1) is 6.54 Å². The summed E-state index contributed by atoms with van der Waals surface area (Å²) in [5, 5.41) is 12.1. The fourth-order valence-electron chi connectivity index (χ4n) is 2.80. The number of nitrogens with one attached hydrogen (secondary N) is 1. The highest BCUT2D eigenvalue weighted by molar-refractivity contribution is 5.88. The van der Waals surface area contributed by atoms with Crippen LogP contribution >= 0.6 is 0 Å². The molecular formula is C22H26N2O4. The Morgan fingerprint density at radius 2 is 1.64 bits per heavy atom. The Kier molecular flexibility index (Phi) is 7.75. The number of carboxylic acid groups (broad SMARTS) is 1. The molecule has 148 valence electrons. The van der Waals surface area contributed by atoms with Crippen LogP contribution in [-0.2, 0) is 27.2 Å². The van der Waals surface area contributed by atoms with Crippen LogP contribution in [0.25, 0.3) is 0 Å². The quantitative estimate of drug-likeness (QED) is 0.696. The first kappa shape index (κ1) is 21.2. The molecule has 0 spiro atoms. The summed E-state index contributed by atoms with van der Waals surface area (Å²) in [5.74, 6) is -1.75. The lowest BCUT2D eigenvalue weighted by atomic mass is 10.0. The Bertz CT molecular complexity index is 803. The molecule has 1 unspecified atom stereocenters. The van der Waals surface area contributed by atoms with E-state index in [4.69, 9.17) is 0 Å². The minimum absolute atomic E-state index is 0.208. The third-order valence-electron chi connectivity index (χ3n) is 4.62. The summed E-state index contributed by atoms with van der Waals surface area (Å²) in [6.45, 7) is 1.78. The minimum Gasteiger partial charge on any atom is -0.480 e. The summed E-state index contributed by atoms with van der Waals surface area (Å²) in [4.78, 5) is 37.1. The van der Waals surface area contributed by atoms with Crippen LogP contribution in [0.4, 0.5) is 0 Å². The number of amides is 2. The van der Waals surface area contributed by atoms with E-state index < -0.39 is 17.9 Å². The fraction of sp³-hybridized carbons (Fsp3) is 0.318. The summed E-state index contributed by atoms with van der Waals surface area (Å²) in [6, 6.07) is 16.1. The van der Waals surface area contributed by atoms with Crippen LogP contribution < -0.4 is 5.32 Å². The van der Waals surface area contributed by atoms with E-state index in [1.54, 1.807) is 0 Å². The van der Waals surface area contributed by atoms with Gasteiger partial charge in [0.1, 0.15) is 6.04 Å². The van der Waals surface area contributed by atoms with Crippen LogP contribution in [0.1, 0.15) is 23.1 Å². The van der Waals surface area contributed by atoms with E-state index in [0.717, 1.165) is 16.7 Å². The lowest BCUT2D eigenvalue weighted by Crippen LogP contribution is -2.47. The molecule has 2 rings (SSSR count). The molecule has 0 heterocycles. The molecule has 0 saturated heterocycles. The molecule has 6 nitrogen and oxygen atoms in total. The molecule has 2 amide bonds. The Labute approximate surface area is 165 Å². The summed E-state index contributed by atoms with van der Waals surface area (Å²) in [6.07, 6.45) is 1.06. The van der Waals surface area contributed by atoms with Gasteiger partial charge in [-0.1, -0.05) is 60.2 Å². The van der Waals surface area contributed by atoms with Crippen LogP contribution in [0.15, 0.2) is 54.6 Å². The minimum atomic E-state index is -1.08. The molecule has 0 radical (unpaired) electrons. The lowest BCUT2D eigenvalue weighted by Gasteiger charge is -2.25. The predicted molar refractivity (Wildman–Crippen MR) is 107 cm³/mol. The molecule has 2 aromatic rings. The second kappa shape index (κ2) is 10.3. The molecule has 0 saturated carbocycles. The zero-order valence-corrected chi connectivity index (χ0v) is 16.2. The number of nitrogens with zero attached hydrogens (tertiary/aromatic N) is 1. The van der Waals surface area contributed by atoms with Crippen molar-refractivity contribution in [3.63, 3.8) is 0 Å². The average Bonchev–Trinajstić information content (AvgIpc) is 2.69. The molecule has 6 heteroatoms. The normalized spacial score (nSPS) is 11.5. The maximum Gasteiger partial charge on any atom is 0.326 e. The monoisotopic (exact) mass is 382 g/mol. The van der Waals surface area contributed by atoms with E-state index in [2.05, 4.69) is 5.32 Å². The van der Waals surface area contributed by atoms with Crippen LogP contribution in [0.2, 0.25) is 0 Å². The van der Waals surface area contributed by atoms with Crippen molar-refractivity contribution in [3.8, 4) is 0 Å². The van der Waals surface area contributed by atoms with E-state index in [-0.39, 0.29) is 25.3 Å². The van der Waals surface area contributed by atoms with Crippen LogP contribution in [-0.4, -0.2) is 47.4 Å². The predicted octanol–water partition coefficient (Wildman–Crippen LogP) is 2.20. The Hall–Kier alpha value is -3.15. The molecule has 0 fully saturated rings. The molecule has 28 heavy (non-hydrogen) atoms. The number of benzene rings is 2. The van der Waals surface area contributed by atoms with Crippen LogP contribution in [0.5, 0.6) is 0 Å². The van der Waals surface area contributed by atoms with Gasteiger partial charge in [0, 0.05) is 19.9 Å². The van der Waals surface area contributed by atoms with Gasteiger partial charge in [-0.2, -0.15) is 0 Å². The van der Waals surface area contributed by atoms with E-state index in [9.17, 15) is 19.5 Å². The number of carbonyl (C=O) groups excluding carboxylic acids is 2. The van der Waals surface area contributed by atoms with Crippen molar-refractivity contribution >= 4 is 17.8 Å². The van der Waals surface area contributed by atoms with E-state index in [1.165, 1.54) is 11.9 Å². The van der Waals surface area contributed by atoms with Gasteiger partial charge in [-0.15, -0.1) is 0 Å². The Morgan fingerprint density at radius 3 is 2.25 bits per heavy atom. The molecule has 0 bridgehead atoms. The molecule has 2 N–H and O–H groups in total. The van der Waals surface area contributed by atoms with Crippen LogP contribution in [0.3, 0.4) is 0 Å². The smallest absolute Gasteiger partial charge is 0.326 e. The number of hydrogen-bond acceptors (Lipinski definition) is 3. The number of aliphatic carboxylic acids is 1. The first-order chi connectivity index (χ1) is 13.4. The standard InChI is InChI=1S/C22H26N2O4/c1-16-8-10-17(11-9-16)12-13-20(25)23-15-21(26)24(2)19(22(27)28)14-18-6-4-3-5-7-18/h3-11,19H,12-15H2,1-2H3,(H,23,25)(H,27,28). The van der Waals surface area contributed by atoms with Crippen molar-refractivity contribution in [2.75, 3.05) is 13.6 Å². The molecule has 0 aliphatic heterocycles. The zero-order valence-electron chi connectivity index (χ0n) is 16.2. The second-order valence-electron chi connectivity index (χ2n) is 6.81. The van der Waals surface area contributed by atoms with Gasteiger partial charge in [-0.05, 0) is 24.5 Å². The molecule has 0 aliphatic carbocycles. The first-order valence-electron chi connectivity index (χ1n) is 9.21. The third-order valence-corrected chi connectivity index (χ3v) is 4.62. The van der Waals surface area contributed by atoms with Crippen molar-refractivity contribution in [3.05, 3.63) is 71.3 Å². The maximum atomic E-state index is 12.3. The number of likely N-dealkylation sites (N-methyl/N-ethyl adjacent to an activating group) is 1. The lowest BCUT2D eigenvalue weighted by molar-refractivity contribution is -0.148. The highest BCUT2D eigenvalue weighted by atomic mass is 16.4. The summed E-state index contributed by atoms with van der Waals surface area (Å²) in [7, 11) is 1.45. The van der Waals surface area contributed by atoms with Gasteiger partial charge in [0.25, 0.3) is 0 Å². The first-order valence-corrected chi connectivity index (χ1v) is 9.21. The molecular weight excluding hydrogens is 356 g/mol. The van der Waals surface area contributed by atoms with Gasteiger partial charge in [0.15, 0.2) is 0 Å². The van der Waals surface area contributed by atoms with Crippen molar-refractivity contribution < 1.29 is 19.5 Å². The molecule has 0 aromatic heterocycles. The van der Waals surface area contributed by atoms with Gasteiger partial charge in [-0.3, -0.25) is 9.59 Å². The number of aryl methyl sites for hydroxylation is 2. The zero-order chi connectivity index (χ0) is 20.5. The molecule has 1 atom stereocenters. The van der Waals surface area contributed by atoms with Crippen molar-refractivity contribution in [2.24, 2.45) is 0 Å². The van der Waals surface area contributed by atoms with Crippen LogP contribution in [0, 0.1) is 6.92 Å². The highest BCUT2D eigenvalue weighted by Gasteiger charge is 2.26. The summed E-state index contributed by atoms with van der Waals surface area (Å²) in [5.41, 5.74) is 3.04. The number of carbonyl (C=O) groups is 3. The molecule has 0 aliphatic rings. The van der Waals surface area contributed by atoms with E-state index >= 15 is 0 Å². The van der Waals surface area contributed by atoms with E-state index in [0.29, 0.717) is 6.42 Å². The van der Waals surface area contributed by atoms with Gasteiger partial charge in [0.2, 0.25) is 11.8 Å². The third kappa shape index (κ3) is 6.54. The number of carboxylic acids is 1. The second-order valence-corrected chi connectivity index (χ2v) is 6.81. The van der Waals surface area contributed by atoms with E-state index in [1.807, 2.05) is 61.5 Å². The topological polar surface area (TPSA) is 86.7 Å². The number of rotatable bonds is 9. The fourth-order valence-corrected chi connectivity index (χ4v) is 2.80. The largest absolute Gasteiger partial charge is 0.480 e. The van der Waals surface area contributed by atoms with Gasteiger partial charge >= 0.3 is 5.97 Å². The highest BCUT2D eigenvalue weighted by Crippen LogP contribution is 2.09. The van der Waals surface area contributed by atoms with Crippen molar-refractivity contribution in [1.82, 2.24) is 10.2 Å². The Balaban J connectivity index is 1.83. The summed E-state index contributed by atoms with van der Waals surface area (Å²) >= 11 is 0. The van der Waals surface area contributed by atoms with Crippen molar-refractivity contribution in [2.45, 2.75) is 32.2 Å². The maximum absolute atomic E-state index is 12.3. The average molecular weight is 382 g/mol. The summed E-state index contributed by atoms with van der Waals surface area (Å²) < 4.78 is 0. The van der Waals surface area contributed by atoms with Crippen molar-refractivity contribution in [1.29, 1.82) is 0 Å². The molecule has 2 aromatic carbocycles. The Morgan fingerprint density at radius 1 is 1.00 bits per heavy atom. The van der Waals surface area contributed by atoms with Gasteiger partial charge < -0.3 is 15.3 Å². The van der Waals surface area contributed by atoms with Gasteiger partial charge in [-0.25, -0.2) is 4.79 Å². The SMILES string of the molecule is Cc1ccc(CCC(=O)NCC(=O)N(C)C(Cc2ccccc2)C(=O)O)cc1. The number of hydrogen-bond donors (Lipinski definition) is 2.